The maximum absolute atomic E-state index is 2.47. The average Bonchev–Trinajstić information content (AvgIpc) is 2.44. The van der Waals surface area contributed by atoms with Gasteiger partial charge in [0.05, 0.1) is 0 Å². The van der Waals surface area contributed by atoms with Gasteiger partial charge >= 0.3 is 0 Å². The molecular formula is C24H50S8. The summed E-state index contributed by atoms with van der Waals surface area (Å²) in [5.74, 6) is 1.18. The molecule has 194 valence electrons. The zero-order chi connectivity index (χ0) is 25.5. The molecule has 0 fully saturated rings. The summed E-state index contributed by atoms with van der Waals surface area (Å²) in [5.41, 5.74) is 1.10. The summed E-state index contributed by atoms with van der Waals surface area (Å²) in [4.78, 5) is 0. The molecule has 0 aromatic heterocycles. The third kappa shape index (κ3) is 20.9. The topological polar surface area (TPSA) is 0 Å². The van der Waals surface area contributed by atoms with Gasteiger partial charge in [-0.15, -0.1) is 0 Å². The Morgan fingerprint density at radius 3 is 1.12 bits per heavy atom. The van der Waals surface area contributed by atoms with Gasteiger partial charge in [-0.05, 0) is 109 Å². The zero-order valence-electron chi connectivity index (χ0n) is 23.1. The van der Waals surface area contributed by atoms with Crippen molar-refractivity contribution in [3.05, 3.63) is 0 Å². The molecule has 0 heterocycles. The minimum atomic E-state index is 0.272. The third-order valence-electron chi connectivity index (χ3n) is 4.04. The van der Waals surface area contributed by atoms with Crippen molar-refractivity contribution in [2.45, 2.75) is 130 Å². The second-order valence-electron chi connectivity index (χ2n) is 14.0. The highest BCUT2D eigenvalue weighted by atomic mass is 33.7. The van der Waals surface area contributed by atoms with Crippen LogP contribution >= 0.6 is 82.5 Å². The van der Waals surface area contributed by atoms with Crippen LogP contribution in [0.2, 0.25) is 0 Å². The molecule has 0 N–H and O–H groups in total. The molecule has 1 unspecified atom stereocenters. The molecule has 32 heavy (non-hydrogen) atoms. The van der Waals surface area contributed by atoms with Gasteiger partial charge in [-0.25, -0.2) is 0 Å². The number of hydrogen-bond donors (Lipinski definition) is 0. The smallest absolute Gasteiger partial charge is 0.0347 e. The molecule has 0 aliphatic heterocycles. The highest BCUT2D eigenvalue weighted by molar-refractivity contribution is 9.27. The van der Waals surface area contributed by atoms with Crippen LogP contribution in [0, 0.1) is 16.2 Å². The van der Waals surface area contributed by atoms with Crippen LogP contribution in [0.5, 0.6) is 0 Å². The van der Waals surface area contributed by atoms with Crippen molar-refractivity contribution >= 4 is 82.5 Å². The van der Waals surface area contributed by atoms with Crippen molar-refractivity contribution in [2.75, 3.05) is 5.75 Å². The maximum atomic E-state index is 2.47. The average molecular weight is 595 g/mol. The van der Waals surface area contributed by atoms with Crippen molar-refractivity contribution in [1.82, 2.24) is 0 Å². The summed E-state index contributed by atoms with van der Waals surface area (Å²) >= 11 is 0. The van der Waals surface area contributed by atoms with Gasteiger partial charge in [0.1, 0.15) is 0 Å². The fraction of sp³-hybridized carbons (Fsp3) is 1.00. The van der Waals surface area contributed by atoms with Crippen molar-refractivity contribution in [3.8, 4) is 0 Å². The Hall–Kier alpha value is 2.80. The Labute approximate surface area is 233 Å². The van der Waals surface area contributed by atoms with E-state index in [0.717, 1.165) is 0 Å². The Balaban J connectivity index is 4.60. The minimum absolute atomic E-state index is 0.272. The van der Waals surface area contributed by atoms with Gasteiger partial charge in [0.15, 0.2) is 0 Å². The van der Waals surface area contributed by atoms with E-state index in [9.17, 15) is 0 Å². The Bertz CT molecular complexity index is 526. The first kappa shape index (κ1) is 34.8. The summed E-state index contributed by atoms with van der Waals surface area (Å²) < 4.78 is 0.882. The second-order valence-corrected chi connectivity index (χ2v) is 27.5. The highest BCUT2D eigenvalue weighted by Crippen LogP contribution is 2.58. The summed E-state index contributed by atoms with van der Waals surface area (Å²) in [6.07, 6.45) is 3.70. The van der Waals surface area contributed by atoms with Gasteiger partial charge < -0.3 is 0 Å². The van der Waals surface area contributed by atoms with Crippen LogP contribution in [0.25, 0.3) is 0 Å². The van der Waals surface area contributed by atoms with E-state index in [-0.39, 0.29) is 4.75 Å². The lowest BCUT2D eigenvalue weighted by atomic mass is 9.86. The van der Waals surface area contributed by atoms with Gasteiger partial charge in [0.25, 0.3) is 0 Å². The maximum Gasteiger partial charge on any atom is 0.0347 e. The molecule has 0 radical (unpaired) electrons. The van der Waals surface area contributed by atoms with Gasteiger partial charge in [0.2, 0.25) is 0 Å². The van der Waals surface area contributed by atoms with Crippen molar-refractivity contribution in [3.63, 3.8) is 0 Å². The largest absolute Gasteiger partial charge is 0.0803 e. The Morgan fingerprint density at radius 1 is 0.406 bits per heavy atom. The normalized spacial score (nSPS) is 16.3. The molecule has 0 amide bonds. The van der Waals surface area contributed by atoms with Gasteiger partial charge in [-0.1, -0.05) is 105 Å². The molecule has 0 spiro atoms. The molecule has 0 bridgehead atoms. The predicted molar refractivity (Wildman–Crippen MR) is 174 cm³/mol. The molecular weight excluding hydrogens is 545 g/mol. The van der Waals surface area contributed by atoms with E-state index in [2.05, 4.69) is 108 Å². The predicted octanol–water partition coefficient (Wildman–Crippen LogP) is 13.0. The third-order valence-corrected chi connectivity index (χ3v) is 19.5. The molecule has 0 aromatic rings. The van der Waals surface area contributed by atoms with Crippen LogP contribution in [0.4, 0.5) is 0 Å². The lowest BCUT2D eigenvalue weighted by Crippen LogP contribution is -2.28. The number of hydrogen-bond acceptors (Lipinski definition) is 8. The van der Waals surface area contributed by atoms with E-state index in [4.69, 9.17) is 0 Å². The van der Waals surface area contributed by atoms with E-state index in [1.807, 2.05) is 71.7 Å². The van der Waals surface area contributed by atoms with Gasteiger partial charge in [0, 0.05) is 20.0 Å². The molecule has 1 atom stereocenters. The first-order valence-electron chi connectivity index (χ1n) is 11.4. The molecule has 0 saturated heterocycles. The molecule has 0 aliphatic carbocycles. The summed E-state index contributed by atoms with van der Waals surface area (Å²) in [5, 5.41) is 0. The first-order valence-corrected chi connectivity index (χ1v) is 21.2. The minimum Gasteiger partial charge on any atom is -0.0803 e. The molecule has 0 saturated carbocycles. The Kier molecular flexibility index (Phi) is 15.3. The summed E-state index contributed by atoms with van der Waals surface area (Å²) in [7, 11) is 16.1. The van der Waals surface area contributed by atoms with Crippen LogP contribution in [0.1, 0.15) is 116 Å². The summed E-state index contributed by atoms with van der Waals surface area (Å²) in [6.45, 7) is 33.2. The molecule has 0 rings (SSSR count). The SMILES string of the molecule is CC(C)(C)CC(C)(C)SSSSCC(C)(CC(C)(C)C)SSSSC(C)(C)CC(C)(C)C. The van der Waals surface area contributed by atoms with Crippen LogP contribution < -0.4 is 0 Å². The number of rotatable bonds is 14. The quantitative estimate of drug-likeness (QED) is 0.142. The molecule has 8 heteroatoms. The van der Waals surface area contributed by atoms with Crippen LogP contribution in [-0.4, -0.2) is 20.0 Å². The van der Waals surface area contributed by atoms with Crippen LogP contribution in [0.15, 0.2) is 0 Å². The molecule has 0 nitrogen and oxygen atoms in total. The fourth-order valence-electron chi connectivity index (χ4n) is 4.32. The summed E-state index contributed by atoms with van der Waals surface area (Å²) in [6, 6.07) is 0. The van der Waals surface area contributed by atoms with Crippen molar-refractivity contribution < 1.29 is 0 Å². The van der Waals surface area contributed by atoms with Crippen LogP contribution in [-0.2, 0) is 0 Å². The lowest BCUT2D eigenvalue weighted by Gasteiger charge is -2.35. The van der Waals surface area contributed by atoms with Crippen molar-refractivity contribution in [2.24, 2.45) is 16.2 Å². The van der Waals surface area contributed by atoms with E-state index in [1.165, 1.54) is 25.0 Å². The molecule has 0 aromatic carbocycles. The lowest BCUT2D eigenvalue weighted by molar-refractivity contribution is 0.340. The van der Waals surface area contributed by atoms with E-state index < -0.39 is 0 Å². The van der Waals surface area contributed by atoms with E-state index >= 15 is 0 Å². The monoisotopic (exact) mass is 594 g/mol. The zero-order valence-corrected chi connectivity index (χ0v) is 29.6. The molecule has 0 aliphatic rings. The second kappa shape index (κ2) is 14.1. The van der Waals surface area contributed by atoms with Gasteiger partial charge in [-0.3, -0.25) is 0 Å². The van der Waals surface area contributed by atoms with Gasteiger partial charge in [-0.2, -0.15) is 0 Å². The fourth-order valence-corrected chi connectivity index (χ4v) is 20.9. The Morgan fingerprint density at radius 2 is 0.750 bits per heavy atom. The van der Waals surface area contributed by atoms with E-state index in [0.29, 0.717) is 25.7 Å². The standard InChI is InChI=1S/C24H50S8/c1-19(2,3)15-22(10,11)26-30-29-25-18-24(14,17-21(7,8)9)28-32-31-27-23(12,13)16-20(4,5)6/h15-18H2,1-14H3. The van der Waals surface area contributed by atoms with E-state index in [1.54, 1.807) is 0 Å². The first-order chi connectivity index (χ1) is 14.0. The van der Waals surface area contributed by atoms with Crippen LogP contribution in [0.3, 0.4) is 0 Å². The highest BCUT2D eigenvalue weighted by Gasteiger charge is 2.33. The van der Waals surface area contributed by atoms with Crippen molar-refractivity contribution in [1.29, 1.82) is 0 Å².